The number of ether oxygens (including phenoxy) is 2. The van der Waals surface area contributed by atoms with Crippen molar-refractivity contribution in [2.45, 2.75) is 19.8 Å². The summed E-state index contributed by atoms with van der Waals surface area (Å²) in [4.78, 5) is 4.54. The highest BCUT2D eigenvalue weighted by Gasteiger charge is 2.00. The fraction of sp³-hybridized carbons (Fsp3) is 0.588. The number of aliphatic imine (C=N–C) groups is 1. The van der Waals surface area contributed by atoms with E-state index in [0.29, 0.717) is 19.8 Å². The van der Waals surface area contributed by atoms with Crippen LogP contribution in [0.5, 0.6) is 0 Å². The van der Waals surface area contributed by atoms with Crippen LogP contribution in [-0.4, -0.2) is 52.5 Å². The van der Waals surface area contributed by atoms with E-state index >= 15 is 0 Å². The Labute approximate surface area is 144 Å². The molecule has 0 spiro atoms. The highest BCUT2D eigenvalue weighted by molar-refractivity contribution is 6.31. The van der Waals surface area contributed by atoms with Crippen LogP contribution in [0.25, 0.3) is 0 Å². The number of methoxy groups -OCH3 is 1. The van der Waals surface area contributed by atoms with Crippen LogP contribution >= 0.6 is 11.6 Å². The molecule has 0 radical (unpaired) electrons. The molecule has 1 rings (SSSR count). The van der Waals surface area contributed by atoms with Crippen LogP contribution in [0.3, 0.4) is 0 Å². The molecular weight excluding hydrogens is 314 g/mol. The molecule has 1 aromatic rings. The lowest BCUT2D eigenvalue weighted by molar-refractivity contribution is 0.0702. The van der Waals surface area contributed by atoms with Crippen molar-refractivity contribution in [1.82, 2.24) is 10.6 Å². The van der Waals surface area contributed by atoms with Crippen LogP contribution in [0.4, 0.5) is 0 Å². The van der Waals surface area contributed by atoms with E-state index in [1.165, 1.54) is 0 Å². The van der Waals surface area contributed by atoms with Crippen molar-refractivity contribution >= 4 is 17.6 Å². The van der Waals surface area contributed by atoms with Gasteiger partial charge in [0.25, 0.3) is 0 Å². The summed E-state index contributed by atoms with van der Waals surface area (Å²) < 4.78 is 10.3. The number of nitrogens with one attached hydrogen (secondary N) is 2. The molecule has 23 heavy (non-hydrogen) atoms. The molecule has 0 unspecified atom stereocenters. The molecule has 6 heteroatoms. The van der Waals surface area contributed by atoms with Crippen molar-refractivity contribution in [1.29, 1.82) is 0 Å². The van der Waals surface area contributed by atoms with E-state index in [-0.39, 0.29) is 0 Å². The zero-order valence-electron chi connectivity index (χ0n) is 14.1. The summed E-state index contributed by atoms with van der Waals surface area (Å²) in [5.74, 6) is 0.830. The Morgan fingerprint density at radius 3 is 2.74 bits per heavy atom. The fourth-order valence-electron chi connectivity index (χ4n) is 1.96. The average molecular weight is 342 g/mol. The Bertz CT molecular complexity index is 455. The van der Waals surface area contributed by atoms with Crippen LogP contribution in [-0.2, 0) is 15.9 Å². The molecule has 0 aliphatic heterocycles. The number of hydrogen-bond acceptors (Lipinski definition) is 3. The third kappa shape index (κ3) is 9.43. The van der Waals surface area contributed by atoms with Crippen molar-refractivity contribution in [2.75, 3.05) is 46.6 Å². The highest BCUT2D eigenvalue weighted by atomic mass is 35.5. The van der Waals surface area contributed by atoms with Gasteiger partial charge < -0.3 is 20.1 Å². The summed E-state index contributed by atoms with van der Waals surface area (Å²) in [6.45, 7) is 6.38. The molecule has 1 aromatic carbocycles. The number of nitrogens with zero attached hydrogens (tertiary/aromatic N) is 1. The standard InChI is InChI=1S/C17H28ClN3O2/c1-3-19-17(20-10-6-12-23-14-13-22-2)21-11-9-15-7-4-5-8-16(15)18/h4-5,7-8H,3,6,9-14H2,1-2H3,(H2,19,20,21). The Balaban J connectivity index is 2.25. The molecule has 0 aromatic heterocycles. The lowest BCUT2D eigenvalue weighted by Gasteiger charge is -2.12. The van der Waals surface area contributed by atoms with Gasteiger partial charge in [-0.1, -0.05) is 29.8 Å². The normalized spacial score (nSPS) is 11.5. The van der Waals surface area contributed by atoms with Gasteiger partial charge in [0.2, 0.25) is 0 Å². The minimum absolute atomic E-state index is 0.634. The van der Waals surface area contributed by atoms with Gasteiger partial charge in [-0.15, -0.1) is 0 Å². The summed E-state index contributed by atoms with van der Waals surface area (Å²) in [6.07, 6.45) is 1.76. The van der Waals surface area contributed by atoms with Crippen molar-refractivity contribution < 1.29 is 9.47 Å². The van der Waals surface area contributed by atoms with E-state index in [1.807, 2.05) is 24.3 Å². The second-order valence-corrected chi connectivity index (χ2v) is 5.39. The molecule has 0 amide bonds. The summed E-state index contributed by atoms with van der Waals surface area (Å²) in [6, 6.07) is 7.91. The van der Waals surface area contributed by atoms with Gasteiger partial charge in [-0.3, -0.25) is 4.99 Å². The number of halogens is 1. The van der Waals surface area contributed by atoms with Crippen LogP contribution < -0.4 is 10.6 Å². The van der Waals surface area contributed by atoms with Crippen LogP contribution in [0.15, 0.2) is 29.3 Å². The summed E-state index contributed by atoms with van der Waals surface area (Å²) in [5.41, 5.74) is 1.14. The quantitative estimate of drug-likeness (QED) is 0.369. The van der Waals surface area contributed by atoms with Gasteiger partial charge in [0, 0.05) is 38.4 Å². The summed E-state index contributed by atoms with van der Waals surface area (Å²) in [7, 11) is 1.67. The van der Waals surface area contributed by atoms with Gasteiger partial charge >= 0.3 is 0 Å². The molecule has 0 saturated heterocycles. The van der Waals surface area contributed by atoms with E-state index in [1.54, 1.807) is 7.11 Å². The second-order valence-electron chi connectivity index (χ2n) is 4.99. The smallest absolute Gasteiger partial charge is 0.191 e. The third-order valence-electron chi connectivity index (χ3n) is 3.14. The van der Waals surface area contributed by atoms with Crippen molar-refractivity contribution in [3.8, 4) is 0 Å². The molecule has 0 saturated carbocycles. The van der Waals surface area contributed by atoms with Crippen molar-refractivity contribution in [2.24, 2.45) is 4.99 Å². The molecule has 0 atom stereocenters. The van der Waals surface area contributed by atoms with Crippen LogP contribution in [0.2, 0.25) is 5.02 Å². The van der Waals surface area contributed by atoms with Crippen LogP contribution in [0, 0.1) is 0 Å². The molecule has 0 fully saturated rings. The Morgan fingerprint density at radius 2 is 2.00 bits per heavy atom. The monoisotopic (exact) mass is 341 g/mol. The Morgan fingerprint density at radius 1 is 1.17 bits per heavy atom. The van der Waals surface area contributed by atoms with E-state index in [2.05, 4.69) is 22.5 Å². The molecule has 0 heterocycles. The molecule has 0 aliphatic carbocycles. The van der Waals surface area contributed by atoms with Gasteiger partial charge in [0.15, 0.2) is 5.96 Å². The number of benzene rings is 1. The average Bonchev–Trinajstić information content (AvgIpc) is 2.55. The van der Waals surface area contributed by atoms with Gasteiger partial charge in [0.1, 0.15) is 0 Å². The van der Waals surface area contributed by atoms with Crippen molar-refractivity contribution in [3.63, 3.8) is 0 Å². The number of hydrogen-bond donors (Lipinski definition) is 2. The Hall–Kier alpha value is -1.30. The predicted molar refractivity (Wildman–Crippen MR) is 96.4 cm³/mol. The molecule has 0 bridgehead atoms. The topological polar surface area (TPSA) is 54.9 Å². The molecule has 0 aliphatic rings. The molecule has 2 N–H and O–H groups in total. The van der Waals surface area contributed by atoms with Gasteiger partial charge in [-0.25, -0.2) is 0 Å². The van der Waals surface area contributed by atoms with E-state index in [4.69, 9.17) is 21.1 Å². The largest absolute Gasteiger partial charge is 0.382 e. The third-order valence-corrected chi connectivity index (χ3v) is 3.51. The number of guanidine groups is 1. The lowest BCUT2D eigenvalue weighted by Crippen LogP contribution is -2.38. The Kier molecular flexibility index (Phi) is 11.3. The molecule has 130 valence electrons. The fourth-order valence-corrected chi connectivity index (χ4v) is 2.19. The second kappa shape index (κ2) is 13.2. The van der Waals surface area contributed by atoms with Gasteiger partial charge in [-0.05, 0) is 31.4 Å². The van der Waals surface area contributed by atoms with E-state index in [0.717, 1.165) is 49.0 Å². The maximum absolute atomic E-state index is 6.16. The first kappa shape index (κ1) is 19.7. The first-order chi connectivity index (χ1) is 11.3. The first-order valence-corrected chi connectivity index (χ1v) is 8.48. The van der Waals surface area contributed by atoms with Crippen molar-refractivity contribution in [3.05, 3.63) is 34.9 Å². The van der Waals surface area contributed by atoms with Crippen LogP contribution in [0.1, 0.15) is 18.9 Å². The maximum Gasteiger partial charge on any atom is 0.191 e. The lowest BCUT2D eigenvalue weighted by atomic mass is 10.1. The zero-order chi connectivity index (χ0) is 16.8. The maximum atomic E-state index is 6.16. The van der Waals surface area contributed by atoms with E-state index in [9.17, 15) is 0 Å². The summed E-state index contributed by atoms with van der Waals surface area (Å²) >= 11 is 6.16. The molecule has 5 nitrogen and oxygen atoms in total. The highest BCUT2D eigenvalue weighted by Crippen LogP contribution is 2.14. The minimum Gasteiger partial charge on any atom is -0.382 e. The summed E-state index contributed by atoms with van der Waals surface area (Å²) in [5, 5.41) is 7.38. The predicted octanol–water partition coefficient (Wildman–Crippen LogP) is 2.49. The van der Waals surface area contributed by atoms with Gasteiger partial charge in [-0.2, -0.15) is 0 Å². The number of rotatable bonds is 11. The van der Waals surface area contributed by atoms with Gasteiger partial charge in [0.05, 0.1) is 13.2 Å². The minimum atomic E-state index is 0.634. The van der Waals surface area contributed by atoms with E-state index < -0.39 is 0 Å². The zero-order valence-corrected chi connectivity index (χ0v) is 14.9. The molecular formula is C17H28ClN3O2. The SMILES string of the molecule is CCNC(=NCCCOCCOC)NCCc1ccccc1Cl. The first-order valence-electron chi connectivity index (χ1n) is 8.10.